The molecule has 0 atom stereocenters. The van der Waals surface area contributed by atoms with Crippen LogP contribution < -0.4 is 20.1 Å². The van der Waals surface area contributed by atoms with Crippen LogP contribution in [0.1, 0.15) is 18.6 Å². The molecule has 1 aliphatic heterocycles. The first-order chi connectivity index (χ1) is 15.0. The Bertz CT molecular complexity index is 826. The Balaban J connectivity index is 1.56. The minimum absolute atomic E-state index is 0.0211. The maximum absolute atomic E-state index is 12.1. The molecule has 0 radical (unpaired) electrons. The summed E-state index contributed by atoms with van der Waals surface area (Å²) in [4.78, 5) is 4.43. The number of ether oxygens (including phenoxy) is 3. The number of furan rings is 1. The van der Waals surface area contributed by atoms with Gasteiger partial charge in [-0.05, 0) is 30.7 Å². The third kappa shape index (κ3) is 8.41. The van der Waals surface area contributed by atoms with Crippen LogP contribution in [0.3, 0.4) is 0 Å². The number of halogens is 3. The van der Waals surface area contributed by atoms with Crippen molar-refractivity contribution in [2.24, 2.45) is 4.99 Å². The van der Waals surface area contributed by atoms with Crippen molar-refractivity contribution in [1.29, 1.82) is 0 Å². The maximum Gasteiger partial charge on any atom is 0.411 e. The largest absolute Gasteiger partial charge is 0.490 e. The van der Waals surface area contributed by atoms with Crippen LogP contribution in [0.15, 0.2) is 46.0 Å². The Kier molecular flexibility index (Phi) is 8.45. The van der Waals surface area contributed by atoms with E-state index < -0.39 is 12.8 Å². The van der Waals surface area contributed by atoms with Gasteiger partial charge in [-0.1, -0.05) is 0 Å². The van der Waals surface area contributed by atoms with E-state index in [1.165, 1.54) is 0 Å². The van der Waals surface area contributed by atoms with E-state index in [0.29, 0.717) is 56.6 Å². The van der Waals surface area contributed by atoms with Crippen molar-refractivity contribution in [1.82, 2.24) is 5.32 Å². The molecule has 0 amide bonds. The number of hydrogen-bond donors (Lipinski definition) is 2. The lowest BCUT2D eigenvalue weighted by Gasteiger charge is -2.14. The highest BCUT2D eigenvalue weighted by atomic mass is 19.4. The number of hydrogen-bond acceptors (Lipinski definition) is 5. The molecule has 0 unspecified atom stereocenters. The average Bonchev–Trinajstić information content (AvgIpc) is 3.13. The number of guanidine groups is 1. The summed E-state index contributed by atoms with van der Waals surface area (Å²) in [7, 11) is 0. The highest BCUT2D eigenvalue weighted by molar-refractivity contribution is 5.94. The Morgan fingerprint density at radius 3 is 2.74 bits per heavy atom. The van der Waals surface area contributed by atoms with Crippen LogP contribution >= 0.6 is 0 Å². The van der Waals surface area contributed by atoms with Gasteiger partial charge in [0.15, 0.2) is 17.5 Å². The van der Waals surface area contributed by atoms with Crippen LogP contribution in [0.5, 0.6) is 11.5 Å². The van der Waals surface area contributed by atoms with Gasteiger partial charge in [0.05, 0.1) is 19.5 Å². The molecule has 0 spiro atoms. The lowest BCUT2D eigenvalue weighted by molar-refractivity contribution is -0.173. The molecule has 2 heterocycles. The zero-order valence-electron chi connectivity index (χ0n) is 17.0. The summed E-state index contributed by atoms with van der Waals surface area (Å²) in [5.74, 6) is 2.67. The van der Waals surface area contributed by atoms with Gasteiger partial charge in [-0.2, -0.15) is 13.2 Å². The Hall–Kier alpha value is -2.88. The second-order valence-corrected chi connectivity index (χ2v) is 6.84. The minimum atomic E-state index is -4.32. The molecular formula is C21H26F3N3O4. The highest BCUT2D eigenvalue weighted by Gasteiger charge is 2.27. The van der Waals surface area contributed by atoms with E-state index in [2.05, 4.69) is 20.4 Å². The van der Waals surface area contributed by atoms with E-state index in [4.69, 9.17) is 13.9 Å². The van der Waals surface area contributed by atoms with Gasteiger partial charge < -0.3 is 29.3 Å². The molecule has 10 heteroatoms. The quantitative estimate of drug-likeness (QED) is 0.348. The van der Waals surface area contributed by atoms with Crippen molar-refractivity contribution in [3.05, 3.63) is 42.4 Å². The smallest absolute Gasteiger partial charge is 0.411 e. The van der Waals surface area contributed by atoms with Crippen molar-refractivity contribution < 1.29 is 31.8 Å². The third-order valence-corrected chi connectivity index (χ3v) is 4.24. The van der Waals surface area contributed by atoms with E-state index in [1.54, 1.807) is 6.26 Å². The van der Waals surface area contributed by atoms with Gasteiger partial charge >= 0.3 is 6.18 Å². The number of nitrogens with zero attached hydrogens (tertiary/aromatic N) is 1. The summed E-state index contributed by atoms with van der Waals surface area (Å²) in [6, 6.07) is 9.21. The van der Waals surface area contributed by atoms with E-state index in [1.807, 2.05) is 30.3 Å². The second-order valence-electron chi connectivity index (χ2n) is 6.84. The monoisotopic (exact) mass is 441 g/mol. The van der Waals surface area contributed by atoms with Gasteiger partial charge in [-0.15, -0.1) is 0 Å². The molecule has 0 saturated carbocycles. The van der Waals surface area contributed by atoms with Crippen molar-refractivity contribution in [3.8, 4) is 11.5 Å². The van der Waals surface area contributed by atoms with Crippen molar-refractivity contribution in [2.75, 3.05) is 44.8 Å². The number of anilines is 1. The molecule has 170 valence electrons. The molecule has 2 aromatic rings. The van der Waals surface area contributed by atoms with Crippen LogP contribution in [0.4, 0.5) is 18.9 Å². The first-order valence-corrected chi connectivity index (χ1v) is 10.1. The zero-order valence-corrected chi connectivity index (χ0v) is 17.0. The van der Waals surface area contributed by atoms with Crippen molar-refractivity contribution in [3.63, 3.8) is 0 Å². The number of nitrogens with one attached hydrogen (secondary N) is 2. The molecule has 0 saturated heterocycles. The maximum atomic E-state index is 12.1. The van der Waals surface area contributed by atoms with Gasteiger partial charge in [0, 0.05) is 44.3 Å². The first kappa shape index (κ1) is 22.8. The number of fused-ring (bicyclic) bond motifs is 1. The van der Waals surface area contributed by atoms with Gasteiger partial charge in [-0.3, -0.25) is 4.99 Å². The molecule has 0 aliphatic carbocycles. The lowest BCUT2D eigenvalue weighted by Crippen LogP contribution is -2.32. The molecule has 31 heavy (non-hydrogen) atoms. The number of aliphatic imine (C=N–C) groups is 1. The molecule has 2 N–H and O–H groups in total. The predicted octanol–water partition coefficient (Wildman–Crippen LogP) is 4.01. The molecular weight excluding hydrogens is 415 g/mol. The zero-order chi connectivity index (χ0) is 21.9. The molecule has 1 aliphatic rings. The fraction of sp³-hybridized carbons (Fsp3) is 0.476. The van der Waals surface area contributed by atoms with Gasteiger partial charge in [0.25, 0.3) is 0 Å². The topological polar surface area (TPSA) is 77.2 Å². The first-order valence-electron chi connectivity index (χ1n) is 10.1. The van der Waals surface area contributed by atoms with E-state index >= 15 is 0 Å². The highest BCUT2D eigenvalue weighted by Crippen LogP contribution is 2.32. The summed E-state index contributed by atoms with van der Waals surface area (Å²) in [6.07, 6.45) is -0.873. The van der Waals surface area contributed by atoms with Gasteiger partial charge in [0.1, 0.15) is 12.4 Å². The van der Waals surface area contributed by atoms with Crippen molar-refractivity contribution >= 4 is 11.6 Å². The molecule has 1 aromatic carbocycles. The summed E-state index contributed by atoms with van der Waals surface area (Å²) in [6.45, 7) is 0.786. The van der Waals surface area contributed by atoms with Crippen molar-refractivity contribution in [2.45, 2.75) is 25.4 Å². The summed E-state index contributed by atoms with van der Waals surface area (Å²) in [5.41, 5.74) is 0.752. The number of benzene rings is 1. The normalized spacial score (nSPS) is 14.2. The fourth-order valence-corrected chi connectivity index (χ4v) is 2.82. The van der Waals surface area contributed by atoms with E-state index in [9.17, 15) is 13.2 Å². The standard InChI is InChI=1S/C21H26F3N3O4/c22-21(23,24)15-28-10-2-8-25-20(26-9-7-17-4-1-11-29-17)27-16-5-6-18-19(14-16)31-13-3-12-30-18/h1,4-6,11,14H,2-3,7-10,12-13,15H2,(H2,25,26,27). The molecule has 3 rings (SSSR count). The summed E-state index contributed by atoms with van der Waals surface area (Å²) >= 11 is 0. The molecule has 7 nitrogen and oxygen atoms in total. The predicted molar refractivity (Wildman–Crippen MR) is 110 cm³/mol. The SMILES string of the molecule is FC(F)(F)COCCCN=C(NCCc1ccco1)Nc1ccc2c(c1)OCCCO2. The van der Waals surface area contributed by atoms with Crippen LogP contribution in [0, 0.1) is 0 Å². The Morgan fingerprint density at radius 2 is 1.97 bits per heavy atom. The fourth-order valence-electron chi connectivity index (χ4n) is 2.82. The Labute approximate surface area is 178 Å². The third-order valence-electron chi connectivity index (χ3n) is 4.24. The van der Waals surface area contributed by atoms with Crippen LogP contribution in [0.25, 0.3) is 0 Å². The van der Waals surface area contributed by atoms with Gasteiger partial charge in [0.2, 0.25) is 0 Å². The van der Waals surface area contributed by atoms with E-state index in [0.717, 1.165) is 17.9 Å². The lowest BCUT2D eigenvalue weighted by atomic mass is 10.2. The second kappa shape index (κ2) is 11.5. The van der Waals surface area contributed by atoms with Crippen LogP contribution in [-0.4, -0.2) is 51.7 Å². The number of alkyl halides is 3. The Morgan fingerprint density at radius 1 is 1.13 bits per heavy atom. The minimum Gasteiger partial charge on any atom is -0.490 e. The van der Waals surface area contributed by atoms with Crippen LogP contribution in [-0.2, 0) is 11.2 Å². The van der Waals surface area contributed by atoms with E-state index in [-0.39, 0.29) is 6.61 Å². The molecule has 1 aromatic heterocycles. The molecule has 0 bridgehead atoms. The number of rotatable bonds is 9. The summed E-state index contributed by atoms with van der Waals surface area (Å²) < 4.78 is 57.7. The average molecular weight is 441 g/mol. The van der Waals surface area contributed by atoms with Gasteiger partial charge in [-0.25, -0.2) is 0 Å². The summed E-state index contributed by atoms with van der Waals surface area (Å²) in [5, 5.41) is 6.40. The molecule has 0 fully saturated rings. The van der Waals surface area contributed by atoms with Crippen LogP contribution in [0.2, 0.25) is 0 Å².